The molecule has 7 heteroatoms. The standard InChI is InChI=1S/C13H23N5OS/c1-4-7-16-12(19)6-8-15-11-9-10(14-5-2)17-13(18-11)20-3/h9H,4-8H2,1-3H3,(H,16,19)(H2,14,15,17,18). The van der Waals surface area contributed by atoms with Gasteiger partial charge in [0.1, 0.15) is 11.6 Å². The molecule has 1 rings (SSSR count). The summed E-state index contributed by atoms with van der Waals surface area (Å²) in [4.78, 5) is 20.2. The van der Waals surface area contributed by atoms with E-state index in [4.69, 9.17) is 0 Å². The molecule has 0 aliphatic carbocycles. The summed E-state index contributed by atoms with van der Waals surface area (Å²) in [6.45, 7) is 6.15. The molecule has 6 nitrogen and oxygen atoms in total. The van der Waals surface area contributed by atoms with Gasteiger partial charge in [-0.1, -0.05) is 18.7 Å². The average Bonchev–Trinajstić information content (AvgIpc) is 2.45. The van der Waals surface area contributed by atoms with Crippen molar-refractivity contribution < 1.29 is 4.79 Å². The SMILES string of the molecule is CCCNC(=O)CCNc1cc(NCC)nc(SC)n1. The monoisotopic (exact) mass is 297 g/mol. The van der Waals surface area contributed by atoms with E-state index in [1.807, 2.05) is 26.2 Å². The van der Waals surface area contributed by atoms with Crippen molar-refractivity contribution in [1.82, 2.24) is 15.3 Å². The lowest BCUT2D eigenvalue weighted by molar-refractivity contribution is -0.120. The maximum atomic E-state index is 11.5. The Morgan fingerprint density at radius 2 is 1.90 bits per heavy atom. The molecule has 1 heterocycles. The van der Waals surface area contributed by atoms with Crippen LogP contribution in [0.25, 0.3) is 0 Å². The van der Waals surface area contributed by atoms with Crippen LogP contribution in [0.15, 0.2) is 11.2 Å². The van der Waals surface area contributed by atoms with Gasteiger partial charge >= 0.3 is 0 Å². The summed E-state index contributed by atoms with van der Waals surface area (Å²) >= 11 is 1.49. The normalized spacial score (nSPS) is 10.2. The lowest BCUT2D eigenvalue weighted by atomic mass is 10.3. The largest absolute Gasteiger partial charge is 0.370 e. The summed E-state index contributed by atoms with van der Waals surface area (Å²) in [5, 5.41) is 9.88. The minimum Gasteiger partial charge on any atom is -0.370 e. The molecule has 1 aromatic heterocycles. The van der Waals surface area contributed by atoms with Gasteiger partial charge in [0.15, 0.2) is 5.16 Å². The number of hydrogen-bond donors (Lipinski definition) is 3. The van der Waals surface area contributed by atoms with Crippen LogP contribution in [0.3, 0.4) is 0 Å². The van der Waals surface area contributed by atoms with Crippen LogP contribution < -0.4 is 16.0 Å². The van der Waals surface area contributed by atoms with E-state index in [9.17, 15) is 4.79 Å². The van der Waals surface area contributed by atoms with Crippen molar-refractivity contribution in [2.24, 2.45) is 0 Å². The summed E-state index contributed by atoms with van der Waals surface area (Å²) < 4.78 is 0. The fourth-order valence-corrected chi connectivity index (χ4v) is 1.91. The molecule has 0 aliphatic rings. The Kier molecular flexibility index (Phi) is 7.79. The van der Waals surface area contributed by atoms with Gasteiger partial charge in [0.05, 0.1) is 0 Å². The molecule has 0 fully saturated rings. The zero-order valence-corrected chi connectivity index (χ0v) is 13.1. The molecule has 0 aromatic carbocycles. The first kappa shape index (κ1) is 16.6. The lowest BCUT2D eigenvalue weighted by Crippen LogP contribution is -2.26. The molecule has 0 bridgehead atoms. The molecule has 0 atom stereocenters. The highest BCUT2D eigenvalue weighted by Crippen LogP contribution is 2.17. The molecule has 1 aromatic rings. The van der Waals surface area contributed by atoms with Crippen LogP contribution in [0.2, 0.25) is 0 Å². The molecule has 0 saturated heterocycles. The van der Waals surface area contributed by atoms with E-state index in [-0.39, 0.29) is 5.91 Å². The molecule has 0 radical (unpaired) electrons. The zero-order valence-electron chi connectivity index (χ0n) is 12.3. The second-order valence-corrected chi connectivity index (χ2v) is 4.96. The smallest absolute Gasteiger partial charge is 0.221 e. The van der Waals surface area contributed by atoms with E-state index in [1.165, 1.54) is 11.8 Å². The van der Waals surface area contributed by atoms with Crippen molar-refractivity contribution in [2.75, 3.05) is 36.5 Å². The lowest BCUT2D eigenvalue weighted by Gasteiger charge is -2.09. The van der Waals surface area contributed by atoms with E-state index in [2.05, 4.69) is 25.9 Å². The molecule has 112 valence electrons. The number of aromatic nitrogens is 2. The van der Waals surface area contributed by atoms with Crippen LogP contribution in [0.1, 0.15) is 26.7 Å². The Morgan fingerprint density at radius 3 is 2.50 bits per heavy atom. The molecule has 0 saturated carbocycles. The highest BCUT2D eigenvalue weighted by atomic mass is 32.2. The van der Waals surface area contributed by atoms with Gasteiger partial charge in [0.2, 0.25) is 5.91 Å². The fourth-order valence-electron chi connectivity index (χ4n) is 1.54. The maximum Gasteiger partial charge on any atom is 0.221 e. The predicted octanol–water partition coefficient (Wildman–Crippen LogP) is 1.96. The van der Waals surface area contributed by atoms with Crippen molar-refractivity contribution in [1.29, 1.82) is 0 Å². The van der Waals surface area contributed by atoms with Crippen LogP contribution in [0, 0.1) is 0 Å². The van der Waals surface area contributed by atoms with E-state index in [0.29, 0.717) is 18.1 Å². The van der Waals surface area contributed by atoms with Gasteiger partial charge in [-0.05, 0) is 19.6 Å². The number of rotatable bonds is 9. The minimum atomic E-state index is 0.0606. The molecule has 0 aliphatic heterocycles. The van der Waals surface area contributed by atoms with Crippen LogP contribution in [-0.4, -0.2) is 41.8 Å². The van der Waals surface area contributed by atoms with Crippen molar-refractivity contribution in [3.05, 3.63) is 6.07 Å². The van der Waals surface area contributed by atoms with Crippen molar-refractivity contribution >= 4 is 29.3 Å². The second-order valence-electron chi connectivity index (χ2n) is 4.18. The molecule has 20 heavy (non-hydrogen) atoms. The topological polar surface area (TPSA) is 78.9 Å². The van der Waals surface area contributed by atoms with Crippen molar-refractivity contribution in [3.8, 4) is 0 Å². The van der Waals surface area contributed by atoms with Gasteiger partial charge in [-0.3, -0.25) is 4.79 Å². The number of nitrogens with zero attached hydrogens (tertiary/aromatic N) is 2. The van der Waals surface area contributed by atoms with E-state index < -0.39 is 0 Å². The molecular formula is C13H23N5OS. The summed E-state index contributed by atoms with van der Waals surface area (Å²) in [5.41, 5.74) is 0. The van der Waals surface area contributed by atoms with E-state index in [0.717, 1.165) is 31.1 Å². The van der Waals surface area contributed by atoms with Gasteiger partial charge in [0, 0.05) is 32.1 Å². The van der Waals surface area contributed by atoms with Gasteiger partial charge in [0.25, 0.3) is 0 Å². The molecule has 3 N–H and O–H groups in total. The Bertz CT molecular complexity index is 427. The number of amides is 1. The average molecular weight is 297 g/mol. The van der Waals surface area contributed by atoms with Crippen LogP contribution >= 0.6 is 11.8 Å². The van der Waals surface area contributed by atoms with Crippen LogP contribution in [-0.2, 0) is 4.79 Å². The number of anilines is 2. The molecular weight excluding hydrogens is 274 g/mol. The van der Waals surface area contributed by atoms with Crippen molar-refractivity contribution in [2.45, 2.75) is 31.8 Å². The first-order chi connectivity index (χ1) is 9.69. The first-order valence-corrected chi connectivity index (χ1v) is 8.09. The highest BCUT2D eigenvalue weighted by Gasteiger charge is 2.04. The predicted molar refractivity (Wildman–Crippen MR) is 84.4 cm³/mol. The minimum absolute atomic E-state index is 0.0606. The van der Waals surface area contributed by atoms with Crippen LogP contribution in [0.5, 0.6) is 0 Å². The Labute approximate surface area is 124 Å². The number of nitrogens with one attached hydrogen (secondary N) is 3. The number of carbonyl (C=O) groups is 1. The maximum absolute atomic E-state index is 11.5. The highest BCUT2D eigenvalue weighted by molar-refractivity contribution is 7.98. The third kappa shape index (κ3) is 6.10. The van der Waals surface area contributed by atoms with Gasteiger partial charge < -0.3 is 16.0 Å². The summed E-state index contributed by atoms with van der Waals surface area (Å²) in [7, 11) is 0. The number of hydrogen-bond acceptors (Lipinski definition) is 6. The summed E-state index contributed by atoms with van der Waals surface area (Å²) in [6.07, 6.45) is 3.33. The number of carbonyl (C=O) groups excluding carboxylic acids is 1. The van der Waals surface area contributed by atoms with Crippen LogP contribution in [0.4, 0.5) is 11.6 Å². The van der Waals surface area contributed by atoms with Gasteiger partial charge in [-0.25, -0.2) is 9.97 Å². The van der Waals surface area contributed by atoms with Gasteiger partial charge in [-0.2, -0.15) is 0 Å². The Balaban J connectivity index is 2.50. The Morgan fingerprint density at radius 1 is 1.20 bits per heavy atom. The second kappa shape index (κ2) is 9.41. The van der Waals surface area contributed by atoms with Crippen molar-refractivity contribution in [3.63, 3.8) is 0 Å². The first-order valence-electron chi connectivity index (χ1n) is 6.87. The molecule has 0 unspecified atom stereocenters. The van der Waals surface area contributed by atoms with E-state index >= 15 is 0 Å². The fraction of sp³-hybridized carbons (Fsp3) is 0.615. The number of thioether (sulfide) groups is 1. The molecule has 1 amide bonds. The zero-order chi connectivity index (χ0) is 14.8. The Hall–Kier alpha value is -1.50. The summed E-state index contributed by atoms with van der Waals surface area (Å²) in [5.74, 6) is 1.60. The third-order valence-corrected chi connectivity index (χ3v) is 3.02. The van der Waals surface area contributed by atoms with E-state index in [1.54, 1.807) is 0 Å². The summed E-state index contributed by atoms with van der Waals surface area (Å²) in [6, 6.07) is 1.85. The molecule has 0 spiro atoms. The quantitative estimate of drug-likeness (QED) is 0.478. The van der Waals surface area contributed by atoms with Gasteiger partial charge in [-0.15, -0.1) is 0 Å². The third-order valence-electron chi connectivity index (χ3n) is 2.48.